The number of benzene rings is 2. The van der Waals surface area contributed by atoms with Gasteiger partial charge in [0.1, 0.15) is 0 Å². The topological polar surface area (TPSA) is 17.1 Å². The van der Waals surface area contributed by atoms with Crippen molar-refractivity contribution in [1.29, 1.82) is 0 Å². The molecule has 0 spiro atoms. The molecule has 2 aromatic rings. The number of rotatable bonds is 4. The number of hydrogen-bond acceptors (Lipinski definition) is 1. The predicted molar refractivity (Wildman–Crippen MR) is 70.2 cm³/mol. The van der Waals surface area contributed by atoms with Gasteiger partial charge < -0.3 is 0 Å². The van der Waals surface area contributed by atoms with Gasteiger partial charge in [-0.05, 0) is 23.6 Å². The smallest absolute Gasteiger partial charge is 0.167 e. The average molecular weight is 260 g/mol. The summed E-state index contributed by atoms with van der Waals surface area (Å²) in [4.78, 5) is 12.2. The molecule has 0 unspecified atom stereocenters. The Labute approximate surface area is 110 Å². The minimum absolute atomic E-state index is 0.0934. The van der Waals surface area contributed by atoms with E-state index < -0.39 is 11.6 Å². The van der Waals surface area contributed by atoms with E-state index in [-0.39, 0.29) is 17.8 Å². The van der Waals surface area contributed by atoms with E-state index in [0.29, 0.717) is 5.56 Å². The van der Waals surface area contributed by atoms with Gasteiger partial charge in [-0.15, -0.1) is 0 Å². The number of carbonyl (C=O) groups excluding carboxylic acids is 1. The van der Waals surface area contributed by atoms with Crippen LogP contribution < -0.4 is 0 Å². The number of halogens is 2. The van der Waals surface area contributed by atoms with Gasteiger partial charge in [0, 0.05) is 12.0 Å². The molecule has 0 bridgehead atoms. The Morgan fingerprint density at radius 1 is 1.00 bits per heavy atom. The van der Waals surface area contributed by atoms with Crippen molar-refractivity contribution in [2.75, 3.05) is 0 Å². The van der Waals surface area contributed by atoms with Crippen LogP contribution in [0.3, 0.4) is 0 Å². The number of aryl methyl sites for hydroxylation is 1. The summed E-state index contributed by atoms with van der Waals surface area (Å²) in [6, 6.07) is 11.1. The highest BCUT2D eigenvalue weighted by molar-refractivity contribution is 5.98. The minimum Gasteiger partial charge on any atom is -0.294 e. The van der Waals surface area contributed by atoms with Crippen LogP contribution in [-0.4, -0.2) is 5.78 Å². The maximum absolute atomic E-state index is 13.5. The molecule has 0 amide bonds. The van der Waals surface area contributed by atoms with Gasteiger partial charge in [0.2, 0.25) is 0 Å². The third-order valence-corrected chi connectivity index (χ3v) is 3.08. The SMILES string of the molecule is CCc1ccccc1C(=O)Cc1cccc(F)c1F. The summed E-state index contributed by atoms with van der Waals surface area (Å²) in [6.07, 6.45) is 0.605. The number of carbonyl (C=O) groups is 1. The molecule has 0 atom stereocenters. The highest BCUT2D eigenvalue weighted by atomic mass is 19.2. The lowest BCUT2D eigenvalue weighted by molar-refractivity contribution is 0.0991. The molecule has 0 aromatic heterocycles. The van der Waals surface area contributed by atoms with Crippen molar-refractivity contribution < 1.29 is 13.6 Å². The van der Waals surface area contributed by atoms with Crippen LogP contribution >= 0.6 is 0 Å². The lowest BCUT2D eigenvalue weighted by Crippen LogP contribution is -2.08. The van der Waals surface area contributed by atoms with Crippen molar-refractivity contribution in [3.05, 3.63) is 70.8 Å². The second-order valence-corrected chi connectivity index (χ2v) is 4.32. The van der Waals surface area contributed by atoms with Crippen LogP contribution in [0.25, 0.3) is 0 Å². The lowest BCUT2D eigenvalue weighted by atomic mass is 9.97. The Morgan fingerprint density at radius 3 is 2.42 bits per heavy atom. The largest absolute Gasteiger partial charge is 0.294 e. The van der Waals surface area contributed by atoms with Gasteiger partial charge >= 0.3 is 0 Å². The van der Waals surface area contributed by atoms with E-state index in [1.165, 1.54) is 12.1 Å². The third-order valence-electron chi connectivity index (χ3n) is 3.08. The second kappa shape index (κ2) is 5.74. The van der Waals surface area contributed by atoms with E-state index in [2.05, 4.69) is 0 Å². The van der Waals surface area contributed by atoms with Crippen LogP contribution in [0.15, 0.2) is 42.5 Å². The van der Waals surface area contributed by atoms with Crippen molar-refractivity contribution in [3.63, 3.8) is 0 Å². The fourth-order valence-corrected chi connectivity index (χ4v) is 2.05. The van der Waals surface area contributed by atoms with Crippen molar-refractivity contribution in [2.24, 2.45) is 0 Å². The van der Waals surface area contributed by atoms with Crippen LogP contribution in [0.5, 0.6) is 0 Å². The molecule has 1 nitrogen and oxygen atoms in total. The summed E-state index contributed by atoms with van der Waals surface area (Å²) < 4.78 is 26.6. The molecule has 98 valence electrons. The van der Waals surface area contributed by atoms with E-state index in [1.54, 1.807) is 12.1 Å². The molecular weight excluding hydrogens is 246 g/mol. The molecule has 0 N–H and O–H groups in total. The summed E-state index contributed by atoms with van der Waals surface area (Å²) in [6.45, 7) is 1.95. The molecule has 0 aliphatic rings. The van der Waals surface area contributed by atoms with E-state index in [1.807, 2.05) is 19.1 Å². The van der Waals surface area contributed by atoms with Crippen molar-refractivity contribution in [2.45, 2.75) is 19.8 Å². The Hall–Kier alpha value is -2.03. The van der Waals surface area contributed by atoms with Crippen LogP contribution in [-0.2, 0) is 12.8 Å². The number of Topliss-reactive ketones (excluding diaryl/α,β-unsaturated/α-hetero) is 1. The third kappa shape index (κ3) is 2.87. The van der Waals surface area contributed by atoms with Gasteiger partial charge in [-0.3, -0.25) is 4.79 Å². The molecule has 3 heteroatoms. The molecule has 0 saturated heterocycles. The zero-order valence-corrected chi connectivity index (χ0v) is 10.6. The standard InChI is InChI=1S/C16H14F2O/c1-2-11-6-3-4-8-13(11)15(19)10-12-7-5-9-14(17)16(12)18/h3-9H,2,10H2,1H3. The maximum Gasteiger partial charge on any atom is 0.167 e. The Bertz CT molecular complexity index is 605. The fourth-order valence-electron chi connectivity index (χ4n) is 2.05. The first-order chi connectivity index (χ1) is 9.13. The van der Waals surface area contributed by atoms with Gasteiger partial charge in [-0.2, -0.15) is 0 Å². The first-order valence-electron chi connectivity index (χ1n) is 6.17. The maximum atomic E-state index is 13.5. The zero-order valence-electron chi connectivity index (χ0n) is 10.6. The molecule has 19 heavy (non-hydrogen) atoms. The van der Waals surface area contributed by atoms with Crippen molar-refractivity contribution in [1.82, 2.24) is 0 Å². The Kier molecular flexibility index (Phi) is 4.05. The fraction of sp³-hybridized carbons (Fsp3) is 0.188. The Morgan fingerprint density at radius 2 is 1.68 bits per heavy atom. The van der Waals surface area contributed by atoms with Gasteiger partial charge in [-0.1, -0.05) is 43.3 Å². The second-order valence-electron chi connectivity index (χ2n) is 4.32. The normalized spacial score (nSPS) is 10.5. The minimum atomic E-state index is -0.940. The Balaban J connectivity index is 2.28. The predicted octanol–water partition coefficient (Wildman–Crippen LogP) is 3.95. The molecule has 0 heterocycles. The van der Waals surface area contributed by atoms with Gasteiger partial charge in [-0.25, -0.2) is 8.78 Å². The van der Waals surface area contributed by atoms with Crippen LogP contribution in [0.1, 0.15) is 28.4 Å². The molecule has 0 fully saturated rings. The molecule has 2 rings (SSSR count). The van der Waals surface area contributed by atoms with Crippen LogP contribution in [0.2, 0.25) is 0 Å². The summed E-state index contributed by atoms with van der Waals surface area (Å²) in [5.41, 5.74) is 1.59. The summed E-state index contributed by atoms with van der Waals surface area (Å²) in [7, 11) is 0. The monoisotopic (exact) mass is 260 g/mol. The first-order valence-corrected chi connectivity index (χ1v) is 6.17. The quantitative estimate of drug-likeness (QED) is 0.761. The van der Waals surface area contributed by atoms with Crippen LogP contribution in [0, 0.1) is 11.6 Å². The summed E-state index contributed by atoms with van der Waals surface area (Å²) >= 11 is 0. The molecule has 2 aromatic carbocycles. The highest BCUT2D eigenvalue weighted by Crippen LogP contribution is 2.16. The zero-order chi connectivity index (χ0) is 13.8. The molecular formula is C16H14F2O. The van der Waals surface area contributed by atoms with Gasteiger partial charge in [0.15, 0.2) is 17.4 Å². The van der Waals surface area contributed by atoms with E-state index >= 15 is 0 Å². The highest BCUT2D eigenvalue weighted by Gasteiger charge is 2.14. The summed E-state index contributed by atoms with van der Waals surface area (Å²) in [5, 5.41) is 0. The molecule has 0 aliphatic heterocycles. The lowest BCUT2D eigenvalue weighted by Gasteiger charge is -2.07. The van der Waals surface area contributed by atoms with Gasteiger partial charge in [0.25, 0.3) is 0 Å². The molecule has 0 radical (unpaired) electrons. The molecule has 0 saturated carbocycles. The number of hydrogen-bond donors (Lipinski definition) is 0. The van der Waals surface area contributed by atoms with E-state index in [9.17, 15) is 13.6 Å². The molecule has 0 aliphatic carbocycles. The van der Waals surface area contributed by atoms with Crippen molar-refractivity contribution in [3.8, 4) is 0 Å². The van der Waals surface area contributed by atoms with E-state index in [4.69, 9.17) is 0 Å². The van der Waals surface area contributed by atoms with Gasteiger partial charge in [0.05, 0.1) is 0 Å². The van der Waals surface area contributed by atoms with E-state index in [0.717, 1.165) is 18.1 Å². The van der Waals surface area contributed by atoms with Crippen LogP contribution in [0.4, 0.5) is 8.78 Å². The number of ketones is 1. The average Bonchev–Trinajstić information content (AvgIpc) is 2.43. The summed E-state index contributed by atoms with van der Waals surface area (Å²) in [5.74, 6) is -2.05. The van der Waals surface area contributed by atoms with Crippen molar-refractivity contribution >= 4 is 5.78 Å². The first kappa shape index (κ1) is 13.4.